The highest BCUT2D eigenvalue weighted by Crippen LogP contribution is 2.29. The van der Waals surface area contributed by atoms with Crippen LogP contribution in [0.4, 0.5) is 11.4 Å². The van der Waals surface area contributed by atoms with Gasteiger partial charge in [-0.3, -0.25) is 4.79 Å². The minimum absolute atomic E-state index is 0.0220. The molecule has 2 rings (SSSR count). The van der Waals surface area contributed by atoms with Gasteiger partial charge in [-0.2, -0.15) is 0 Å². The SMILES string of the molecule is COc1ccc(NCCC(=O)Nc2ccc(C)c(C)c2)cc1OC. The van der Waals surface area contributed by atoms with Crippen LogP contribution in [0.15, 0.2) is 36.4 Å². The lowest BCUT2D eigenvalue weighted by atomic mass is 10.1. The summed E-state index contributed by atoms with van der Waals surface area (Å²) in [6.45, 7) is 4.61. The number of methoxy groups -OCH3 is 2. The molecular formula is C19H24N2O3. The van der Waals surface area contributed by atoms with E-state index in [0.29, 0.717) is 24.5 Å². The summed E-state index contributed by atoms with van der Waals surface area (Å²) in [6, 6.07) is 11.5. The summed E-state index contributed by atoms with van der Waals surface area (Å²) in [6.07, 6.45) is 0.376. The predicted octanol–water partition coefficient (Wildman–Crippen LogP) is 3.76. The number of benzene rings is 2. The van der Waals surface area contributed by atoms with Gasteiger partial charge in [0.2, 0.25) is 5.91 Å². The minimum Gasteiger partial charge on any atom is -0.493 e. The Morgan fingerprint density at radius 3 is 2.29 bits per heavy atom. The molecule has 0 unspecified atom stereocenters. The topological polar surface area (TPSA) is 59.6 Å². The molecule has 2 N–H and O–H groups in total. The average molecular weight is 328 g/mol. The van der Waals surface area contributed by atoms with Crippen LogP contribution in [0.5, 0.6) is 11.5 Å². The van der Waals surface area contributed by atoms with Crippen LogP contribution < -0.4 is 20.1 Å². The van der Waals surface area contributed by atoms with E-state index in [1.807, 2.05) is 50.2 Å². The average Bonchev–Trinajstić information content (AvgIpc) is 2.58. The van der Waals surface area contributed by atoms with Crippen molar-refractivity contribution >= 4 is 17.3 Å². The summed E-state index contributed by atoms with van der Waals surface area (Å²) >= 11 is 0. The van der Waals surface area contributed by atoms with Crippen molar-refractivity contribution in [3.05, 3.63) is 47.5 Å². The largest absolute Gasteiger partial charge is 0.493 e. The number of anilines is 2. The van der Waals surface area contributed by atoms with E-state index in [0.717, 1.165) is 16.9 Å². The molecule has 0 aliphatic heterocycles. The van der Waals surface area contributed by atoms with Gasteiger partial charge in [0, 0.05) is 30.4 Å². The molecular weight excluding hydrogens is 304 g/mol. The van der Waals surface area contributed by atoms with Gasteiger partial charge >= 0.3 is 0 Å². The van der Waals surface area contributed by atoms with Gasteiger partial charge in [0.15, 0.2) is 11.5 Å². The second kappa shape index (κ2) is 8.24. The first-order valence-electron chi connectivity index (χ1n) is 7.86. The third-order valence-electron chi connectivity index (χ3n) is 3.86. The Kier molecular flexibility index (Phi) is 6.07. The maximum absolute atomic E-state index is 12.0. The van der Waals surface area contributed by atoms with Crippen LogP contribution in [0.2, 0.25) is 0 Å². The van der Waals surface area contributed by atoms with Crippen LogP contribution in [0.1, 0.15) is 17.5 Å². The molecule has 24 heavy (non-hydrogen) atoms. The van der Waals surface area contributed by atoms with Gasteiger partial charge in [-0.15, -0.1) is 0 Å². The Morgan fingerprint density at radius 1 is 0.917 bits per heavy atom. The first-order valence-corrected chi connectivity index (χ1v) is 7.86. The lowest BCUT2D eigenvalue weighted by molar-refractivity contribution is -0.115. The van der Waals surface area contributed by atoms with E-state index in [4.69, 9.17) is 9.47 Å². The highest BCUT2D eigenvalue weighted by Gasteiger charge is 2.06. The fraction of sp³-hybridized carbons (Fsp3) is 0.316. The van der Waals surface area contributed by atoms with Crippen molar-refractivity contribution in [1.29, 1.82) is 0 Å². The summed E-state index contributed by atoms with van der Waals surface area (Å²) in [5.74, 6) is 1.31. The molecule has 5 nitrogen and oxygen atoms in total. The van der Waals surface area contributed by atoms with Crippen molar-refractivity contribution in [1.82, 2.24) is 0 Å². The first kappa shape index (κ1) is 17.7. The highest BCUT2D eigenvalue weighted by atomic mass is 16.5. The van der Waals surface area contributed by atoms with Gasteiger partial charge in [-0.25, -0.2) is 0 Å². The molecule has 0 aromatic heterocycles. The smallest absolute Gasteiger partial charge is 0.226 e. The van der Waals surface area contributed by atoms with Crippen molar-refractivity contribution in [3.63, 3.8) is 0 Å². The number of hydrogen-bond donors (Lipinski definition) is 2. The van der Waals surface area contributed by atoms with Crippen molar-refractivity contribution in [2.45, 2.75) is 20.3 Å². The Morgan fingerprint density at radius 2 is 1.62 bits per heavy atom. The summed E-state index contributed by atoms with van der Waals surface area (Å²) in [7, 11) is 3.20. The second-order valence-electron chi connectivity index (χ2n) is 5.59. The van der Waals surface area contributed by atoms with E-state index in [-0.39, 0.29) is 5.91 Å². The molecule has 128 valence electrons. The Labute approximate surface area is 143 Å². The number of rotatable bonds is 7. The minimum atomic E-state index is -0.0220. The predicted molar refractivity (Wildman–Crippen MR) is 97.2 cm³/mol. The maximum atomic E-state index is 12.0. The molecule has 0 radical (unpaired) electrons. The van der Waals surface area contributed by atoms with Crippen molar-refractivity contribution < 1.29 is 14.3 Å². The number of amides is 1. The maximum Gasteiger partial charge on any atom is 0.226 e. The van der Waals surface area contributed by atoms with E-state index in [2.05, 4.69) is 10.6 Å². The number of carbonyl (C=O) groups excluding carboxylic acids is 1. The van der Waals surface area contributed by atoms with Crippen molar-refractivity contribution in [2.24, 2.45) is 0 Å². The van der Waals surface area contributed by atoms with Gasteiger partial charge in [-0.05, 0) is 49.2 Å². The van der Waals surface area contributed by atoms with Crippen LogP contribution in [-0.4, -0.2) is 26.7 Å². The van der Waals surface area contributed by atoms with Crippen molar-refractivity contribution in [3.8, 4) is 11.5 Å². The summed E-state index contributed by atoms with van der Waals surface area (Å²) in [5.41, 5.74) is 4.08. The molecule has 0 heterocycles. The van der Waals surface area contributed by atoms with E-state index in [1.54, 1.807) is 14.2 Å². The van der Waals surface area contributed by atoms with E-state index in [1.165, 1.54) is 5.56 Å². The summed E-state index contributed by atoms with van der Waals surface area (Å²) < 4.78 is 10.5. The number of carbonyl (C=O) groups is 1. The Balaban J connectivity index is 1.85. The molecule has 2 aromatic carbocycles. The van der Waals surface area contributed by atoms with Crippen LogP contribution in [0, 0.1) is 13.8 Å². The monoisotopic (exact) mass is 328 g/mol. The van der Waals surface area contributed by atoms with Gasteiger partial charge in [0.25, 0.3) is 0 Å². The van der Waals surface area contributed by atoms with E-state index < -0.39 is 0 Å². The lowest BCUT2D eigenvalue weighted by Crippen LogP contribution is -2.16. The molecule has 5 heteroatoms. The van der Waals surface area contributed by atoms with Gasteiger partial charge in [0.05, 0.1) is 14.2 Å². The summed E-state index contributed by atoms with van der Waals surface area (Å²) in [4.78, 5) is 12.0. The zero-order valence-electron chi connectivity index (χ0n) is 14.6. The number of nitrogens with one attached hydrogen (secondary N) is 2. The number of aryl methyl sites for hydroxylation is 2. The van der Waals surface area contributed by atoms with Crippen molar-refractivity contribution in [2.75, 3.05) is 31.4 Å². The van der Waals surface area contributed by atoms with Gasteiger partial charge in [-0.1, -0.05) is 6.07 Å². The molecule has 0 saturated heterocycles. The Bertz CT molecular complexity index is 714. The zero-order valence-corrected chi connectivity index (χ0v) is 14.6. The fourth-order valence-electron chi connectivity index (χ4n) is 2.31. The third kappa shape index (κ3) is 4.65. The van der Waals surface area contributed by atoms with Crippen LogP contribution in [0.25, 0.3) is 0 Å². The molecule has 1 amide bonds. The van der Waals surface area contributed by atoms with Crippen LogP contribution in [0.3, 0.4) is 0 Å². The molecule has 0 fully saturated rings. The van der Waals surface area contributed by atoms with E-state index in [9.17, 15) is 4.79 Å². The molecule has 0 spiro atoms. The second-order valence-corrected chi connectivity index (χ2v) is 5.59. The van der Waals surface area contributed by atoms with Crippen LogP contribution in [-0.2, 0) is 4.79 Å². The quantitative estimate of drug-likeness (QED) is 0.812. The van der Waals surface area contributed by atoms with Crippen LogP contribution >= 0.6 is 0 Å². The fourth-order valence-corrected chi connectivity index (χ4v) is 2.31. The third-order valence-corrected chi connectivity index (χ3v) is 3.86. The zero-order chi connectivity index (χ0) is 17.5. The first-order chi connectivity index (χ1) is 11.5. The molecule has 0 atom stereocenters. The molecule has 2 aromatic rings. The Hall–Kier alpha value is -2.69. The molecule has 0 aliphatic carbocycles. The van der Waals surface area contributed by atoms with E-state index >= 15 is 0 Å². The van der Waals surface area contributed by atoms with Gasteiger partial charge in [0.1, 0.15) is 0 Å². The highest BCUT2D eigenvalue weighted by molar-refractivity contribution is 5.91. The lowest BCUT2D eigenvalue weighted by Gasteiger charge is -2.11. The normalized spacial score (nSPS) is 10.2. The summed E-state index contributed by atoms with van der Waals surface area (Å²) in [5, 5.41) is 6.12. The number of ether oxygens (including phenoxy) is 2. The van der Waals surface area contributed by atoms with Gasteiger partial charge < -0.3 is 20.1 Å². The number of hydrogen-bond acceptors (Lipinski definition) is 4. The molecule has 0 bridgehead atoms. The molecule has 0 aliphatic rings. The standard InChI is InChI=1S/C19H24N2O3/c1-13-5-6-16(11-14(13)2)21-19(22)9-10-20-15-7-8-17(23-3)18(12-15)24-4/h5-8,11-12,20H,9-10H2,1-4H3,(H,21,22). The molecule has 0 saturated carbocycles.